The highest BCUT2D eigenvalue weighted by molar-refractivity contribution is 8.18. The molecule has 4 aromatic rings. The van der Waals surface area contributed by atoms with Crippen LogP contribution in [0.4, 0.5) is 4.79 Å². The quantitative estimate of drug-likeness (QED) is 0.368. The number of para-hydroxylation sites is 1. The minimum Gasteiger partial charge on any atom is -0.317 e. The lowest BCUT2D eigenvalue weighted by molar-refractivity contribution is -0.123. The summed E-state index contributed by atoms with van der Waals surface area (Å²) in [5.41, 5.74) is 4.01. The maximum atomic E-state index is 13.1. The van der Waals surface area contributed by atoms with Crippen LogP contribution in [0.2, 0.25) is 0 Å². The van der Waals surface area contributed by atoms with Gasteiger partial charge in [-0.05, 0) is 64.9 Å². The largest absolute Gasteiger partial charge is 0.317 e. The smallest absolute Gasteiger partial charge is 0.293 e. The fourth-order valence-corrected chi connectivity index (χ4v) is 4.76. The Labute approximate surface area is 184 Å². The summed E-state index contributed by atoms with van der Waals surface area (Å²) in [5.74, 6) is -0.250. The van der Waals surface area contributed by atoms with Crippen molar-refractivity contribution in [2.45, 2.75) is 13.5 Å². The molecule has 0 atom stereocenters. The number of carbonyl (C=O) groups excluding carboxylic acids is 2. The molecule has 31 heavy (non-hydrogen) atoms. The van der Waals surface area contributed by atoms with Gasteiger partial charge in [-0.15, -0.1) is 0 Å². The van der Waals surface area contributed by atoms with Crippen LogP contribution < -0.4 is 0 Å². The number of thioether (sulfide) groups is 1. The lowest BCUT2D eigenvalue weighted by Crippen LogP contribution is -2.27. The highest BCUT2D eigenvalue weighted by Crippen LogP contribution is 2.34. The number of hydrogen-bond donors (Lipinski definition) is 0. The number of rotatable bonds is 4. The van der Waals surface area contributed by atoms with E-state index in [9.17, 15) is 9.59 Å². The number of hydrogen-bond acceptors (Lipinski definition) is 3. The fraction of sp³-hybridized carbons (Fsp3) is 0.0769. The van der Waals surface area contributed by atoms with E-state index in [0.717, 1.165) is 45.0 Å². The van der Waals surface area contributed by atoms with Gasteiger partial charge in [-0.25, -0.2) is 0 Å². The van der Waals surface area contributed by atoms with E-state index in [0.29, 0.717) is 4.91 Å². The number of aromatic nitrogens is 1. The van der Waals surface area contributed by atoms with Crippen LogP contribution >= 0.6 is 11.8 Å². The maximum absolute atomic E-state index is 13.1. The van der Waals surface area contributed by atoms with Crippen LogP contribution in [0.3, 0.4) is 0 Å². The van der Waals surface area contributed by atoms with Gasteiger partial charge in [0.2, 0.25) is 0 Å². The van der Waals surface area contributed by atoms with E-state index in [1.807, 2.05) is 83.6 Å². The van der Waals surface area contributed by atoms with Crippen molar-refractivity contribution < 1.29 is 9.59 Å². The van der Waals surface area contributed by atoms with E-state index < -0.39 is 0 Å². The van der Waals surface area contributed by atoms with E-state index >= 15 is 0 Å². The molecule has 0 N–H and O–H groups in total. The molecule has 0 aliphatic carbocycles. The van der Waals surface area contributed by atoms with Gasteiger partial charge >= 0.3 is 0 Å². The second kappa shape index (κ2) is 7.93. The molecule has 1 saturated heterocycles. The molecule has 1 fully saturated rings. The number of amides is 2. The number of carbonyl (C=O) groups is 2. The third-order valence-corrected chi connectivity index (χ3v) is 6.42. The van der Waals surface area contributed by atoms with Crippen molar-refractivity contribution in [2.24, 2.45) is 0 Å². The molecule has 0 spiro atoms. The Morgan fingerprint density at radius 3 is 2.52 bits per heavy atom. The van der Waals surface area contributed by atoms with Crippen molar-refractivity contribution in [1.29, 1.82) is 0 Å². The van der Waals surface area contributed by atoms with E-state index in [2.05, 4.69) is 13.0 Å². The molecular formula is C26H20N2O2S. The number of imide groups is 1. The number of aryl methyl sites for hydroxylation is 1. The predicted octanol–water partition coefficient (Wildman–Crippen LogP) is 6.18. The van der Waals surface area contributed by atoms with Gasteiger partial charge in [0.05, 0.1) is 11.4 Å². The molecule has 0 saturated carbocycles. The Morgan fingerprint density at radius 1 is 0.871 bits per heavy atom. The monoisotopic (exact) mass is 424 g/mol. The average molecular weight is 425 g/mol. The Morgan fingerprint density at radius 2 is 1.65 bits per heavy atom. The van der Waals surface area contributed by atoms with Gasteiger partial charge in [0.1, 0.15) is 0 Å². The summed E-state index contributed by atoms with van der Waals surface area (Å²) in [6.45, 7) is 2.32. The van der Waals surface area contributed by atoms with Gasteiger partial charge in [0.15, 0.2) is 0 Å². The summed E-state index contributed by atoms with van der Waals surface area (Å²) >= 11 is 0.998. The van der Waals surface area contributed by atoms with E-state index in [-0.39, 0.29) is 17.7 Å². The van der Waals surface area contributed by atoms with Crippen molar-refractivity contribution >= 4 is 39.8 Å². The molecule has 1 aromatic heterocycles. The number of benzene rings is 3. The molecule has 2 amide bonds. The first-order valence-corrected chi connectivity index (χ1v) is 10.9. The van der Waals surface area contributed by atoms with Crippen LogP contribution in [0.15, 0.2) is 90.0 Å². The van der Waals surface area contributed by atoms with Crippen molar-refractivity contribution in [3.8, 4) is 5.69 Å². The second-order valence-corrected chi connectivity index (χ2v) is 8.49. The minimum absolute atomic E-state index is 0.238. The first-order valence-electron chi connectivity index (χ1n) is 10.1. The van der Waals surface area contributed by atoms with Gasteiger partial charge in [-0.2, -0.15) is 0 Å². The predicted molar refractivity (Wildman–Crippen MR) is 126 cm³/mol. The van der Waals surface area contributed by atoms with Crippen LogP contribution in [-0.4, -0.2) is 20.6 Å². The van der Waals surface area contributed by atoms with Gasteiger partial charge in [-0.3, -0.25) is 14.5 Å². The summed E-state index contributed by atoms with van der Waals surface area (Å²) in [6, 6.07) is 26.0. The zero-order valence-electron chi connectivity index (χ0n) is 17.0. The van der Waals surface area contributed by atoms with Gasteiger partial charge in [0, 0.05) is 17.6 Å². The Balaban J connectivity index is 1.46. The zero-order valence-corrected chi connectivity index (χ0v) is 17.8. The zero-order chi connectivity index (χ0) is 21.4. The fourth-order valence-electron chi connectivity index (χ4n) is 3.94. The van der Waals surface area contributed by atoms with Gasteiger partial charge in [0.25, 0.3) is 11.1 Å². The van der Waals surface area contributed by atoms with Crippen molar-refractivity contribution in [3.63, 3.8) is 0 Å². The highest BCUT2D eigenvalue weighted by Gasteiger charge is 2.35. The molecule has 5 rings (SSSR count). The Hall–Kier alpha value is -3.57. The van der Waals surface area contributed by atoms with E-state index in [4.69, 9.17) is 0 Å². The first kappa shape index (κ1) is 19.4. The highest BCUT2D eigenvalue weighted by atomic mass is 32.2. The molecule has 2 heterocycles. The second-order valence-electron chi connectivity index (χ2n) is 7.50. The average Bonchev–Trinajstić information content (AvgIpc) is 3.34. The molecule has 152 valence electrons. The molecule has 0 unspecified atom stereocenters. The maximum Gasteiger partial charge on any atom is 0.293 e. The van der Waals surface area contributed by atoms with E-state index in [1.54, 1.807) is 6.08 Å². The minimum atomic E-state index is -0.250. The molecule has 1 aliphatic rings. The van der Waals surface area contributed by atoms with Crippen LogP contribution in [0.25, 0.3) is 22.5 Å². The normalized spacial score (nSPS) is 15.4. The standard InChI is InChI=1S/C26H20N2O2S/c1-18-8-2-5-14-23(18)27-15-7-12-21(27)16-24-25(29)28(26(30)31-24)17-20-11-6-10-19-9-3-4-13-22(19)20/h2-16H,17H2,1H3/b24-16+. The van der Waals surface area contributed by atoms with Gasteiger partial charge < -0.3 is 4.57 Å². The summed E-state index contributed by atoms with van der Waals surface area (Å²) < 4.78 is 2.04. The lowest BCUT2D eigenvalue weighted by atomic mass is 10.0. The van der Waals surface area contributed by atoms with Gasteiger partial charge in [-0.1, -0.05) is 60.7 Å². The Bertz CT molecular complexity index is 1350. The molecule has 4 nitrogen and oxygen atoms in total. The third kappa shape index (κ3) is 3.57. The van der Waals surface area contributed by atoms with Crippen LogP contribution in [-0.2, 0) is 11.3 Å². The first-order chi connectivity index (χ1) is 15.1. The molecule has 0 bridgehead atoms. The molecular weight excluding hydrogens is 404 g/mol. The Kier molecular flexibility index (Phi) is 4.96. The molecule has 0 radical (unpaired) electrons. The summed E-state index contributed by atoms with van der Waals surface area (Å²) in [6.07, 6.45) is 3.77. The summed E-state index contributed by atoms with van der Waals surface area (Å²) in [5, 5.41) is 1.92. The molecule has 1 aliphatic heterocycles. The van der Waals surface area contributed by atoms with Crippen LogP contribution in [0.5, 0.6) is 0 Å². The molecule has 3 aromatic carbocycles. The van der Waals surface area contributed by atoms with E-state index in [1.165, 1.54) is 4.90 Å². The van der Waals surface area contributed by atoms with Crippen LogP contribution in [0.1, 0.15) is 16.8 Å². The summed E-state index contributed by atoms with van der Waals surface area (Å²) in [7, 11) is 0. The van der Waals surface area contributed by atoms with Crippen molar-refractivity contribution in [2.75, 3.05) is 0 Å². The SMILES string of the molecule is Cc1ccccc1-n1cccc1/C=C1/SC(=O)N(Cc2cccc3ccccc23)C1=O. The van der Waals surface area contributed by atoms with Crippen molar-refractivity contribution in [3.05, 3.63) is 107 Å². The molecule has 5 heteroatoms. The van der Waals surface area contributed by atoms with Crippen molar-refractivity contribution in [1.82, 2.24) is 9.47 Å². The third-order valence-electron chi connectivity index (χ3n) is 5.52. The summed E-state index contributed by atoms with van der Waals surface area (Å²) in [4.78, 5) is 27.6. The topological polar surface area (TPSA) is 42.3 Å². The van der Waals surface area contributed by atoms with Crippen LogP contribution in [0, 0.1) is 6.92 Å². The lowest BCUT2D eigenvalue weighted by Gasteiger charge is -2.14. The number of nitrogens with zero attached hydrogens (tertiary/aromatic N) is 2. The number of fused-ring (bicyclic) bond motifs is 1.